The number of hydrogen-bond donors (Lipinski definition) is 2. The van der Waals surface area contributed by atoms with Gasteiger partial charge in [-0.1, -0.05) is 0 Å². The van der Waals surface area contributed by atoms with Crippen LogP contribution in [0.15, 0.2) is 48.3 Å². The maximum atomic E-state index is 14.2. The maximum absolute atomic E-state index is 14.2. The van der Waals surface area contributed by atoms with E-state index in [0.29, 0.717) is 22.8 Å². The van der Waals surface area contributed by atoms with Crippen molar-refractivity contribution >= 4 is 22.8 Å². The summed E-state index contributed by atoms with van der Waals surface area (Å²) in [5.41, 5.74) is 8.55. The van der Waals surface area contributed by atoms with Gasteiger partial charge in [0.2, 0.25) is 0 Å². The molecule has 0 bridgehead atoms. The molecule has 0 aliphatic carbocycles. The van der Waals surface area contributed by atoms with Crippen LogP contribution < -0.4 is 15.8 Å². The number of fused-ring (bicyclic) bond motifs is 1. The van der Waals surface area contributed by atoms with Crippen molar-refractivity contribution in [3.8, 4) is 27.6 Å². The number of nitrogens with one attached hydrogen (secondary N) is 1. The number of anilines is 2. The predicted molar refractivity (Wildman–Crippen MR) is 88.5 cm³/mol. The number of aromatic nitrogens is 2. The fraction of sp³-hybridized carbons (Fsp3) is 0. The highest BCUT2D eigenvalue weighted by Gasteiger charge is 2.17. The molecule has 3 N–H and O–H groups in total. The maximum Gasteiger partial charge on any atom is 0.185 e. The number of nitrogens with two attached hydrogens (primary N) is 1. The van der Waals surface area contributed by atoms with Crippen LogP contribution in [0.4, 0.5) is 15.9 Å². The molecule has 0 saturated heterocycles. The van der Waals surface area contributed by atoms with E-state index in [4.69, 9.17) is 10.5 Å². The number of rotatable bonds is 2. The van der Waals surface area contributed by atoms with Crippen molar-refractivity contribution < 1.29 is 9.13 Å². The van der Waals surface area contributed by atoms with Crippen molar-refractivity contribution in [2.24, 2.45) is 0 Å². The number of nitrogen functional groups attached to an aromatic ring is 1. The van der Waals surface area contributed by atoms with Gasteiger partial charge in [-0.3, -0.25) is 0 Å². The summed E-state index contributed by atoms with van der Waals surface area (Å²) in [6.45, 7) is 0. The van der Waals surface area contributed by atoms with Gasteiger partial charge in [-0.15, -0.1) is 11.3 Å². The summed E-state index contributed by atoms with van der Waals surface area (Å²) in [5.74, 6) is 0.165. The number of nitrogens with zero attached hydrogens (tertiary/aromatic N) is 2. The van der Waals surface area contributed by atoms with Crippen molar-refractivity contribution in [1.29, 1.82) is 0 Å². The number of halogens is 1. The van der Waals surface area contributed by atoms with Gasteiger partial charge in [0.15, 0.2) is 11.6 Å². The molecule has 23 heavy (non-hydrogen) atoms. The number of thiazole rings is 1. The fourth-order valence-electron chi connectivity index (χ4n) is 2.32. The second-order valence-corrected chi connectivity index (χ2v) is 5.73. The van der Waals surface area contributed by atoms with E-state index in [2.05, 4.69) is 15.3 Å². The lowest BCUT2D eigenvalue weighted by molar-refractivity contribution is 0.438. The van der Waals surface area contributed by atoms with Gasteiger partial charge in [-0.25, -0.2) is 14.4 Å². The molecule has 1 aliphatic rings. The molecule has 4 rings (SSSR count). The van der Waals surface area contributed by atoms with Crippen LogP contribution in [0.2, 0.25) is 0 Å². The molecule has 0 fully saturated rings. The van der Waals surface area contributed by atoms with Gasteiger partial charge in [-0.05, 0) is 24.3 Å². The van der Waals surface area contributed by atoms with Crippen LogP contribution >= 0.6 is 11.3 Å². The van der Waals surface area contributed by atoms with Gasteiger partial charge >= 0.3 is 0 Å². The first-order valence-corrected chi connectivity index (χ1v) is 7.69. The molecule has 2 aromatic heterocycles. The van der Waals surface area contributed by atoms with Gasteiger partial charge in [0.05, 0.1) is 16.9 Å². The summed E-state index contributed by atoms with van der Waals surface area (Å²) in [7, 11) is 0. The molecular weight excluding hydrogens is 315 g/mol. The van der Waals surface area contributed by atoms with E-state index < -0.39 is 5.82 Å². The molecule has 1 aliphatic heterocycles. The molecule has 0 radical (unpaired) electrons. The highest BCUT2D eigenvalue weighted by atomic mass is 32.1. The normalized spacial score (nSPS) is 12.4. The average molecular weight is 326 g/mol. The Balaban J connectivity index is 1.76. The molecule has 7 heteroatoms. The lowest BCUT2D eigenvalue weighted by Crippen LogP contribution is -2.02. The van der Waals surface area contributed by atoms with Crippen molar-refractivity contribution in [2.45, 2.75) is 0 Å². The van der Waals surface area contributed by atoms with Crippen molar-refractivity contribution in [3.05, 3.63) is 54.1 Å². The van der Waals surface area contributed by atoms with Gasteiger partial charge in [0.1, 0.15) is 17.1 Å². The summed E-state index contributed by atoms with van der Waals surface area (Å²) in [6.07, 6.45) is 4.64. The smallest absolute Gasteiger partial charge is 0.185 e. The molecule has 0 atom stereocenters. The minimum Gasteiger partial charge on any atom is -0.458 e. The lowest BCUT2D eigenvalue weighted by atomic mass is 10.1. The predicted octanol–water partition coefficient (Wildman–Crippen LogP) is 3.87. The van der Waals surface area contributed by atoms with Crippen LogP contribution in [0.1, 0.15) is 0 Å². The monoisotopic (exact) mass is 326 g/mol. The number of pyridine rings is 1. The molecule has 0 amide bonds. The zero-order valence-electron chi connectivity index (χ0n) is 11.8. The molecule has 0 unspecified atom stereocenters. The van der Waals surface area contributed by atoms with E-state index in [1.54, 1.807) is 24.5 Å². The minimum absolute atomic E-state index is 0.184. The van der Waals surface area contributed by atoms with E-state index in [0.717, 1.165) is 10.6 Å². The van der Waals surface area contributed by atoms with Crippen LogP contribution in [0.5, 0.6) is 5.75 Å². The van der Waals surface area contributed by atoms with E-state index in [1.807, 2.05) is 11.4 Å². The third-order valence-corrected chi connectivity index (χ3v) is 4.28. The molecule has 3 aromatic rings. The van der Waals surface area contributed by atoms with E-state index in [1.165, 1.54) is 23.7 Å². The molecule has 5 nitrogen and oxygen atoms in total. The highest BCUT2D eigenvalue weighted by Crippen LogP contribution is 2.37. The Morgan fingerprint density at radius 3 is 3.09 bits per heavy atom. The SMILES string of the molecule is Nc1ncccc1-c1nc(-c2cc(F)c3c(c2)NC=CO3)cs1. The summed E-state index contributed by atoms with van der Waals surface area (Å²) in [4.78, 5) is 8.61. The van der Waals surface area contributed by atoms with Gasteiger partial charge in [-0.2, -0.15) is 0 Å². The Hall–Kier alpha value is -2.93. The van der Waals surface area contributed by atoms with E-state index in [-0.39, 0.29) is 5.75 Å². The molecule has 0 spiro atoms. The zero-order chi connectivity index (χ0) is 15.8. The van der Waals surface area contributed by atoms with Gasteiger partial charge in [0, 0.05) is 23.3 Å². The first-order chi connectivity index (χ1) is 11.2. The first-order valence-electron chi connectivity index (χ1n) is 6.81. The molecule has 0 saturated carbocycles. The summed E-state index contributed by atoms with van der Waals surface area (Å²) >= 11 is 1.44. The first kappa shape index (κ1) is 13.7. The second kappa shape index (κ2) is 5.36. The summed E-state index contributed by atoms with van der Waals surface area (Å²) in [5, 5.41) is 5.57. The quantitative estimate of drug-likeness (QED) is 0.748. The molecular formula is C16H11FN4OS. The van der Waals surface area contributed by atoms with Crippen molar-refractivity contribution in [1.82, 2.24) is 9.97 Å². The Kier molecular flexibility index (Phi) is 3.20. The Morgan fingerprint density at radius 1 is 1.30 bits per heavy atom. The van der Waals surface area contributed by atoms with E-state index >= 15 is 0 Å². The van der Waals surface area contributed by atoms with Crippen LogP contribution in [-0.2, 0) is 0 Å². The summed E-state index contributed by atoms with van der Waals surface area (Å²) < 4.78 is 19.3. The summed E-state index contributed by atoms with van der Waals surface area (Å²) in [6, 6.07) is 6.87. The largest absolute Gasteiger partial charge is 0.458 e. The topological polar surface area (TPSA) is 73.1 Å². The highest BCUT2D eigenvalue weighted by molar-refractivity contribution is 7.13. The van der Waals surface area contributed by atoms with E-state index in [9.17, 15) is 4.39 Å². The van der Waals surface area contributed by atoms with Crippen LogP contribution in [0.25, 0.3) is 21.8 Å². The minimum atomic E-state index is -0.440. The van der Waals surface area contributed by atoms with Gasteiger partial charge < -0.3 is 15.8 Å². The number of benzene rings is 1. The number of ether oxygens (including phenoxy) is 1. The van der Waals surface area contributed by atoms with Crippen LogP contribution in [0.3, 0.4) is 0 Å². The Labute approximate surface area is 135 Å². The van der Waals surface area contributed by atoms with Crippen LogP contribution in [0, 0.1) is 5.82 Å². The number of hydrogen-bond acceptors (Lipinski definition) is 6. The third-order valence-electron chi connectivity index (χ3n) is 3.41. The Bertz CT molecular complexity index is 922. The van der Waals surface area contributed by atoms with Crippen molar-refractivity contribution in [3.63, 3.8) is 0 Å². The van der Waals surface area contributed by atoms with Crippen LogP contribution in [-0.4, -0.2) is 9.97 Å². The molecule has 3 heterocycles. The molecule has 1 aromatic carbocycles. The average Bonchev–Trinajstić information content (AvgIpc) is 3.05. The zero-order valence-corrected chi connectivity index (χ0v) is 12.6. The molecule has 114 valence electrons. The standard InChI is InChI=1S/C16H11FN4OS/c17-11-6-9(7-12-14(11)22-5-4-19-12)13-8-23-16(21-13)10-2-1-3-20-15(10)18/h1-8,19H,(H2,18,20). The second-order valence-electron chi connectivity index (χ2n) is 4.87. The fourth-order valence-corrected chi connectivity index (χ4v) is 3.19. The Morgan fingerprint density at radius 2 is 2.22 bits per heavy atom. The lowest BCUT2D eigenvalue weighted by Gasteiger charge is -2.14. The van der Waals surface area contributed by atoms with Crippen molar-refractivity contribution in [2.75, 3.05) is 11.1 Å². The van der Waals surface area contributed by atoms with Gasteiger partial charge in [0.25, 0.3) is 0 Å². The third kappa shape index (κ3) is 2.40.